The average Bonchev–Trinajstić information content (AvgIpc) is 3.27. The Kier molecular flexibility index (Phi) is 39.7. The van der Waals surface area contributed by atoms with Crippen LogP contribution in [0.3, 0.4) is 0 Å². The molecule has 0 aromatic heterocycles. The fraction of sp³-hybridized carbons (Fsp3) is 0.885. The minimum atomic E-state index is -4.60. The van der Waals surface area contributed by atoms with E-state index in [1.807, 2.05) is 0 Å². The van der Waals surface area contributed by atoms with Gasteiger partial charge in [0.2, 0.25) is 0 Å². The number of carbonyl (C=O) groups excluding carboxylic acids is 2. The van der Waals surface area contributed by atoms with E-state index in [9.17, 15) is 37.9 Å². The molecule has 0 aliphatic carbocycles. The number of hydrogen-bond acceptors (Lipinski definition) is 11. The average molecular weight is 945 g/mol. The number of unbranched alkanes of at least 4 members (excludes halogenated alkanes) is 29. The van der Waals surface area contributed by atoms with Crippen molar-refractivity contribution < 1.29 is 56.8 Å². The molecule has 1 aliphatic rings. The van der Waals surface area contributed by atoms with Gasteiger partial charge in [0.25, 0.3) is 10.1 Å². The van der Waals surface area contributed by atoms with Crippen LogP contribution in [0.1, 0.15) is 239 Å². The molecule has 65 heavy (non-hydrogen) atoms. The lowest BCUT2D eigenvalue weighted by Crippen LogP contribution is -2.60. The van der Waals surface area contributed by atoms with Gasteiger partial charge < -0.3 is 34.3 Å². The fourth-order valence-electron chi connectivity index (χ4n) is 8.18. The Morgan fingerprint density at radius 2 is 0.923 bits per heavy atom. The van der Waals surface area contributed by atoms with E-state index in [1.54, 1.807) is 0 Å². The van der Waals surface area contributed by atoms with Crippen molar-refractivity contribution in [3.8, 4) is 0 Å². The van der Waals surface area contributed by atoms with Crippen LogP contribution in [0.2, 0.25) is 0 Å². The Labute approximate surface area is 396 Å². The zero-order chi connectivity index (χ0) is 47.6. The van der Waals surface area contributed by atoms with Crippen LogP contribution in [0, 0.1) is 0 Å². The lowest BCUT2D eigenvalue weighted by molar-refractivity contribution is -0.297. The van der Waals surface area contributed by atoms with Crippen LogP contribution >= 0.6 is 0 Å². The molecule has 1 rings (SSSR count). The molecular formula is C52H96O12S. The minimum Gasteiger partial charge on any atom is -0.462 e. The zero-order valence-corrected chi connectivity index (χ0v) is 41.9. The Hall–Kier alpha value is -1.87. The third-order valence-corrected chi connectivity index (χ3v) is 13.0. The topological polar surface area (TPSA) is 186 Å². The van der Waals surface area contributed by atoms with Gasteiger partial charge in [0.1, 0.15) is 36.8 Å². The molecule has 12 nitrogen and oxygen atoms in total. The van der Waals surface area contributed by atoms with Gasteiger partial charge in [-0.1, -0.05) is 205 Å². The van der Waals surface area contributed by atoms with E-state index in [0.29, 0.717) is 12.8 Å². The SMILES string of the molecule is CCCCCCC/C=C\C/C=C\CCCCCCCCCCCC(=O)OC(COC(=O)CCCCCCCCCCCCCCCCCC)COC1OC(CS(=O)(=O)O)C(O)C(O)C1O. The second kappa shape index (κ2) is 42.2. The molecule has 0 radical (unpaired) electrons. The van der Waals surface area contributed by atoms with Crippen molar-refractivity contribution in [2.45, 2.75) is 275 Å². The van der Waals surface area contributed by atoms with Crippen molar-refractivity contribution in [2.24, 2.45) is 0 Å². The molecule has 0 amide bonds. The molecule has 0 aromatic rings. The molecule has 6 unspecified atom stereocenters. The highest BCUT2D eigenvalue weighted by atomic mass is 32.2. The summed E-state index contributed by atoms with van der Waals surface area (Å²) in [7, 11) is -4.60. The maximum Gasteiger partial charge on any atom is 0.306 e. The van der Waals surface area contributed by atoms with E-state index in [4.69, 9.17) is 18.9 Å². The van der Waals surface area contributed by atoms with Crippen molar-refractivity contribution >= 4 is 22.1 Å². The van der Waals surface area contributed by atoms with Gasteiger partial charge >= 0.3 is 11.9 Å². The van der Waals surface area contributed by atoms with E-state index < -0.39 is 71.2 Å². The summed E-state index contributed by atoms with van der Waals surface area (Å²) in [5.74, 6) is -1.97. The molecule has 1 aliphatic heterocycles. The quantitative estimate of drug-likeness (QED) is 0.0196. The summed E-state index contributed by atoms with van der Waals surface area (Å²) in [6, 6.07) is 0. The Balaban J connectivity index is 2.36. The van der Waals surface area contributed by atoms with Gasteiger partial charge in [-0.25, -0.2) is 0 Å². The third-order valence-electron chi connectivity index (χ3n) is 12.3. The number of aliphatic hydroxyl groups excluding tert-OH is 3. The van der Waals surface area contributed by atoms with Crippen LogP contribution in [0.25, 0.3) is 0 Å². The fourth-order valence-corrected chi connectivity index (χ4v) is 8.87. The van der Waals surface area contributed by atoms with Crippen LogP contribution in [0.5, 0.6) is 0 Å². The second-order valence-electron chi connectivity index (χ2n) is 18.5. The summed E-state index contributed by atoms with van der Waals surface area (Å²) in [6.07, 6.45) is 39.3. The molecule has 1 saturated heterocycles. The molecule has 0 bridgehead atoms. The predicted molar refractivity (Wildman–Crippen MR) is 261 cm³/mol. The van der Waals surface area contributed by atoms with Gasteiger partial charge in [0, 0.05) is 12.8 Å². The first-order valence-electron chi connectivity index (χ1n) is 26.4. The molecule has 382 valence electrons. The number of allylic oxidation sites excluding steroid dienone is 4. The molecule has 0 spiro atoms. The summed E-state index contributed by atoms with van der Waals surface area (Å²) >= 11 is 0. The minimum absolute atomic E-state index is 0.163. The highest BCUT2D eigenvalue weighted by Crippen LogP contribution is 2.24. The van der Waals surface area contributed by atoms with Gasteiger partial charge in [-0.05, 0) is 44.9 Å². The molecule has 0 aromatic carbocycles. The van der Waals surface area contributed by atoms with Gasteiger partial charge in [0.05, 0.1) is 6.61 Å². The van der Waals surface area contributed by atoms with Crippen molar-refractivity contribution in [2.75, 3.05) is 19.0 Å². The first kappa shape index (κ1) is 61.1. The van der Waals surface area contributed by atoms with Gasteiger partial charge in [-0.3, -0.25) is 14.1 Å². The first-order chi connectivity index (χ1) is 31.5. The smallest absolute Gasteiger partial charge is 0.306 e. The summed E-state index contributed by atoms with van der Waals surface area (Å²) in [4.78, 5) is 25.5. The Bertz CT molecular complexity index is 1290. The molecule has 1 fully saturated rings. The second-order valence-corrected chi connectivity index (χ2v) is 20.0. The van der Waals surface area contributed by atoms with Gasteiger partial charge in [-0.15, -0.1) is 0 Å². The maximum absolute atomic E-state index is 12.9. The van der Waals surface area contributed by atoms with Crippen molar-refractivity contribution in [1.82, 2.24) is 0 Å². The zero-order valence-electron chi connectivity index (χ0n) is 41.1. The number of esters is 2. The number of ether oxygens (including phenoxy) is 4. The van der Waals surface area contributed by atoms with Crippen molar-refractivity contribution in [3.63, 3.8) is 0 Å². The number of hydrogen-bond donors (Lipinski definition) is 4. The number of carbonyl (C=O) groups is 2. The summed E-state index contributed by atoms with van der Waals surface area (Å²) in [5.41, 5.74) is 0. The molecule has 6 atom stereocenters. The van der Waals surface area contributed by atoms with Crippen molar-refractivity contribution in [3.05, 3.63) is 24.3 Å². The lowest BCUT2D eigenvalue weighted by atomic mass is 10.00. The van der Waals surface area contributed by atoms with Crippen LogP contribution in [-0.4, -0.2) is 96.0 Å². The lowest BCUT2D eigenvalue weighted by Gasteiger charge is -2.40. The van der Waals surface area contributed by atoms with E-state index in [-0.39, 0.29) is 19.4 Å². The third kappa shape index (κ3) is 36.8. The highest BCUT2D eigenvalue weighted by Gasteiger charge is 2.46. The van der Waals surface area contributed by atoms with Crippen LogP contribution < -0.4 is 0 Å². The molecule has 1 heterocycles. The largest absolute Gasteiger partial charge is 0.462 e. The maximum atomic E-state index is 12.9. The molecule has 0 saturated carbocycles. The molecular weight excluding hydrogens is 849 g/mol. The van der Waals surface area contributed by atoms with E-state index >= 15 is 0 Å². The van der Waals surface area contributed by atoms with Gasteiger partial charge in [-0.2, -0.15) is 8.42 Å². The predicted octanol–water partition coefficient (Wildman–Crippen LogP) is 12.0. The highest BCUT2D eigenvalue weighted by molar-refractivity contribution is 7.85. The Morgan fingerprint density at radius 1 is 0.523 bits per heavy atom. The standard InChI is InChI=1S/C52H96O12S/c1-3-5-7-9-11-13-15-17-19-21-22-23-24-25-27-29-31-33-35-37-39-41-48(54)63-45(43-62-52-51(57)50(56)49(55)46(64-52)44-65(58,59)60)42-61-47(53)40-38-36-34-32-30-28-26-20-18-16-14-12-10-8-6-4-2/h15,17,21-22,45-46,49-52,55-57H,3-14,16,18-20,23-44H2,1-2H3,(H,58,59,60)/b17-15-,22-21-. The summed E-state index contributed by atoms with van der Waals surface area (Å²) < 4.78 is 54.3. The first-order valence-corrected chi connectivity index (χ1v) is 28.0. The Morgan fingerprint density at radius 3 is 1.35 bits per heavy atom. The number of rotatable bonds is 45. The van der Waals surface area contributed by atoms with Crippen LogP contribution in [0.4, 0.5) is 0 Å². The number of aliphatic hydroxyl groups is 3. The molecule has 13 heteroatoms. The van der Waals surface area contributed by atoms with Gasteiger partial charge in [0.15, 0.2) is 12.4 Å². The van der Waals surface area contributed by atoms with Crippen molar-refractivity contribution in [1.29, 1.82) is 0 Å². The monoisotopic (exact) mass is 945 g/mol. The van der Waals surface area contributed by atoms with Crippen LogP contribution in [-0.2, 0) is 38.7 Å². The normalized spacial score (nSPS) is 19.6. The van der Waals surface area contributed by atoms with E-state index in [1.165, 1.54) is 148 Å². The molecule has 4 N–H and O–H groups in total. The summed E-state index contributed by atoms with van der Waals surface area (Å²) in [5, 5.41) is 31.0. The van der Waals surface area contributed by atoms with E-state index in [0.717, 1.165) is 51.4 Å². The van der Waals surface area contributed by atoms with Crippen LogP contribution in [0.15, 0.2) is 24.3 Å². The van der Waals surface area contributed by atoms with E-state index in [2.05, 4.69) is 38.2 Å². The summed E-state index contributed by atoms with van der Waals surface area (Å²) in [6.45, 7) is 3.79.